The van der Waals surface area contributed by atoms with E-state index in [2.05, 4.69) is 13.8 Å². The minimum Gasteiger partial charge on any atom is -0.479 e. The number of primary amides is 1. The Morgan fingerprint density at radius 1 is 0.939 bits per heavy atom. The molecule has 1 unspecified atom stereocenters. The fourth-order valence-corrected chi connectivity index (χ4v) is 4.69. The van der Waals surface area contributed by atoms with E-state index in [0.29, 0.717) is 12.8 Å². The molecule has 0 bridgehead atoms. The monoisotopic (exact) mass is 469 g/mol. The molecule has 0 aromatic rings. The van der Waals surface area contributed by atoms with Gasteiger partial charge in [0, 0.05) is 0 Å². The molecule has 1 rings (SSSR count). The number of carbonyl (C=O) groups excluding carboxylic acids is 2. The van der Waals surface area contributed by atoms with Crippen molar-refractivity contribution in [2.24, 2.45) is 17.6 Å². The molecule has 0 aromatic heterocycles. The predicted octanol–water partition coefficient (Wildman–Crippen LogP) is 5.38. The lowest BCUT2D eigenvalue weighted by molar-refractivity contribution is -0.189. The number of cyclic esters (lactones) is 1. The molecule has 0 spiro atoms. The van der Waals surface area contributed by atoms with Crippen LogP contribution in [0.25, 0.3) is 0 Å². The molecule has 1 heterocycles. The van der Waals surface area contributed by atoms with Crippen LogP contribution in [0.2, 0.25) is 0 Å². The number of amides is 1. The molecule has 1 fully saturated rings. The summed E-state index contributed by atoms with van der Waals surface area (Å²) < 4.78 is 10.8. The molecule has 192 valence electrons. The molecular formula is C26H47NO6. The zero-order valence-corrected chi connectivity index (χ0v) is 20.9. The van der Waals surface area contributed by atoms with Gasteiger partial charge in [-0.3, -0.25) is 9.59 Å². The molecule has 0 radical (unpaired) electrons. The molecular weight excluding hydrogens is 422 g/mol. The predicted molar refractivity (Wildman–Crippen MR) is 129 cm³/mol. The third-order valence-corrected chi connectivity index (χ3v) is 6.68. The van der Waals surface area contributed by atoms with E-state index in [0.717, 1.165) is 51.4 Å². The molecule has 1 aliphatic heterocycles. The van der Waals surface area contributed by atoms with Crippen molar-refractivity contribution in [2.75, 3.05) is 6.61 Å². The van der Waals surface area contributed by atoms with Gasteiger partial charge >= 0.3 is 11.9 Å². The zero-order chi connectivity index (χ0) is 24.5. The van der Waals surface area contributed by atoms with Crippen LogP contribution in [0.5, 0.6) is 0 Å². The first-order chi connectivity index (χ1) is 15.9. The number of hydrogen-bond donors (Lipinski definition) is 2. The van der Waals surface area contributed by atoms with E-state index >= 15 is 0 Å². The maximum Gasteiger partial charge on any atom is 0.333 e. The van der Waals surface area contributed by atoms with Gasteiger partial charge < -0.3 is 20.3 Å². The molecule has 1 saturated heterocycles. The fraction of sp³-hybridized carbons (Fsp3) is 0.885. The zero-order valence-electron chi connectivity index (χ0n) is 20.9. The van der Waals surface area contributed by atoms with Crippen LogP contribution >= 0.6 is 0 Å². The summed E-state index contributed by atoms with van der Waals surface area (Å²) in [7, 11) is 0. The summed E-state index contributed by atoms with van der Waals surface area (Å²) in [6, 6.07) is 0. The maximum atomic E-state index is 12.0. The Labute approximate surface area is 200 Å². The van der Waals surface area contributed by atoms with Crippen LogP contribution < -0.4 is 5.73 Å². The first-order valence-corrected chi connectivity index (χ1v) is 13.2. The number of esters is 1. The number of hydrogen-bond acceptors (Lipinski definition) is 5. The van der Waals surface area contributed by atoms with Crippen LogP contribution in [-0.4, -0.2) is 41.8 Å². The molecule has 3 N–H and O–H groups in total. The third kappa shape index (κ3) is 12.4. The van der Waals surface area contributed by atoms with Crippen molar-refractivity contribution in [1.29, 1.82) is 0 Å². The Hall–Kier alpha value is -1.63. The van der Waals surface area contributed by atoms with Gasteiger partial charge in [-0.15, -0.1) is 0 Å². The highest BCUT2D eigenvalue weighted by Gasteiger charge is 2.44. The highest BCUT2D eigenvalue weighted by molar-refractivity contribution is 5.79. The van der Waals surface area contributed by atoms with E-state index in [1.807, 2.05) is 0 Å². The van der Waals surface area contributed by atoms with Gasteiger partial charge in [0.1, 0.15) is 12.7 Å². The summed E-state index contributed by atoms with van der Waals surface area (Å²) in [5.41, 5.74) is 5.17. The smallest absolute Gasteiger partial charge is 0.333 e. The van der Waals surface area contributed by atoms with Gasteiger partial charge in [0.25, 0.3) is 0 Å². The normalized spacial score (nSPS) is 19.5. The SMILES string of the molecule is CCCCCCCCCCC[C@@H](C[C@@H]1OC(=O)[C@H]1CCCCCC)C(OCC(N)=O)C(=O)O. The fourth-order valence-electron chi connectivity index (χ4n) is 4.69. The first kappa shape index (κ1) is 29.4. The standard InChI is InChI=1S/C26H47NO6/c1-3-5-7-9-10-11-12-13-14-16-20(24(25(29)30)32-19-23(27)28)18-22-21(26(31)33-22)17-15-8-6-4-2/h20-22,24H,3-19H2,1-2H3,(H2,27,28)(H,29,30)/t20-,21-,22-,24?/m0/s1. The second-order valence-corrected chi connectivity index (χ2v) is 9.58. The lowest BCUT2D eigenvalue weighted by Crippen LogP contribution is -2.48. The average molecular weight is 470 g/mol. The van der Waals surface area contributed by atoms with E-state index in [1.54, 1.807) is 0 Å². The molecule has 1 amide bonds. The second kappa shape index (κ2) is 17.8. The molecule has 1 aliphatic rings. The topological polar surface area (TPSA) is 116 Å². The number of carboxylic acids is 1. The number of unbranched alkanes of at least 4 members (excludes halogenated alkanes) is 11. The van der Waals surface area contributed by atoms with E-state index in [9.17, 15) is 19.5 Å². The van der Waals surface area contributed by atoms with E-state index < -0.39 is 24.6 Å². The molecule has 0 aromatic carbocycles. The van der Waals surface area contributed by atoms with Crippen molar-refractivity contribution < 1.29 is 29.0 Å². The Balaban J connectivity index is 2.57. The Kier molecular flexibility index (Phi) is 15.9. The highest BCUT2D eigenvalue weighted by atomic mass is 16.6. The summed E-state index contributed by atoms with van der Waals surface area (Å²) in [4.78, 5) is 35.1. The van der Waals surface area contributed by atoms with E-state index in [-0.39, 0.29) is 23.9 Å². The van der Waals surface area contributed by atoms with Crippen molar-refractivity contribution in [1.82, 2.24) is 0 Å². The van der Waals surface area contributed by atoms with Crippen LogP contribution in [0.4, 0.5) is 0 Å². The van der Waals surface area contributed by atoms with Gasteiger partial charge in [0.2, 0.25) is 5.91 Å². The number of nitrogens with two attached hydrogens (primary N) is 1. The summed E-state index contributed by atoms with van der Waals surface area (Å²) in [6.45, 7) is 3.94. The summed E-state index contributed by atoms with van der Waals surface area (Å²) in [6.07, 6.45) is 15.5. The summed E-state index contributed by atoms with van der Waals surface area (Å²) >= 11 is 0. The first-order valence-electron chi connectivity index (χ1n) is 13.2. The number of ether oxygens (including phenoxy) is 2. The summed E-state index contributed by atoms with van der Waals surface area (Å²) in [5, 5.41) is 9.74. The van der Waals surface area contributed by atoms with Gasteiger partial charge in [-0.1, -0.05) is 97.3 Å². The number of carbonyl (C=O) groups is 3. The highest BCUT2D eigenvalue weighted by Crippen LogP contribution is 2.35. The molecule has 33 heavy (non-hydrogen) atoms. The third-order valence-electron chi connectivity index (χ3n) is 6.68. The van der Waals surface area contributed by atoms with Crippen molar-refractivity contribution in [3.63, 3.8) is 0 Å². The Morgan fingerprint density at radius 2 is 1.48 bits per heavy atom. The van der Waals surface area contributed by atoms with Crippen molar-refractivity contribution in [2.45, 2.75) is 129 Å². The minimum atomic E-state index is -1.12. The lowest BCUT2D eigenvalue weighted by Gasteiger charge is -2.38. The van der Waals surface area contributed by atoms with Crippen LogP contribution in [-0.2, 0) is 23.9 Å². The van der Waals surface area contributed by atoms with Crippen molar-refractivity contribution in [3.8, 4) is 0 Å². The van der Waals surface area contributed by atoms with Crippen LogP contribution in [0, 0.1) is 11.8 Å². The van der Waals surface area contributed by atoms with Crippen molar-refractivity contribution >= 4 is 17.8 Å². The molecule has 4 atom stereocenters. The van der Waals surface area contributed by atoms with Crippen molar-refractivity contribution in [3.05, 3.63) is 0 Å². The average Bonchev–Trinajstić information content (AvgIpc) is 2.76. The van der Waals surface area contributed by atoms with Gasteiger partial charge in [0.05, 0.1) is 5.92 Å². The Bertz CT molecular complexity index is 567. The van der Waals surface area contributed by atoms with E-state index in [4.69, 9.17) is 15.2 Å². The van der Waals surface area contributed by atoms with Crippen LogP contribution in [0.15, 0.2) is 0 Å². The maximum absolute atomic E-state index is 12.0. The lowest BCUT2D eigenvalue weighted by atomic mass is 9.81. The molecule has 0 saturated carbocycles. The van der Waals surface area contributed by atoms with Gasteiger partial charge in [-0.25, -0.2) is 4.79 Å². The number of rotatable bonds is 22. The molecule has 0 aliphatic carbocycles. The molecule has 7 heteroatoms. The quantitative estimate of drug-likeness (QED) is 0.162. The van der Waals surface area contributed by atoms with Crippen LogP contribution in [0.1, 0.15) is 117 Å². The van der Waals surface area contributed by atoms with Crippen LogP contribution in [0.3, 0.4) is 0 Å². The van der Waals surface area contributed by atoms with Gasteiger partial charge in [-0.05, 0) is 25.2 Å². The van der Waals surface area contributed by atoms with Gasteiger partial charge in [0.15, 0.2) is 6.10 Å². The minimum absolute atomic E-state index is 0.155. The molecule has 7 nitrogen and oxygen atoms in total. The summed E-state index contributed by atoms with van der Waals surface area (Å²) in [5.74, 6) is -2.43. The number of aliphatic carboxylic acids is 1. The van der Waals surface area contributed by atoms with E-state index in [1.165, 1.54) is 38.5 Å². The Morgan fingerprint density at radius 3 is 2.00 bits per heavy atom. The van der Waals surface area contributed by atoms with Gasteiger partial charge in [-0.2, -0.15) is 0 Å². The number of carboxylic acid groups (broad SMARTS) is 1. The largest absolute Gasteiger partial charge is 0.479 e. The second-order valence-electron chi connectivity index (χ2n) is 9.58.